The van der Waals surface area contributed by atoms with Crippen LogP contribution in [0.5, 0.6) is 0 Å². The maximum Gasteiger partial charge on any atom is 0.122 e. The van der Waals surface area contributed by atoms with Crippen molar-refractivity contribution in [1.82, 2.24) is 0 Å². The van der Waals surface area contributed by atoms with E-state index in [4.69, 9.17) is 11.1 Å². The first-order valence-electron chi connectivity index (χ1n) is 6.58. The average Bonchev–Trinajstić information content (AvgIpc) is 3.14. The molecule has 104 valence electrons. The second-order valence-electron chi connectivity index (χ2n) is 5.02. The summed E-state index contributed by atoms with van der Waals surface area (Å²) >= 11 is 5.42. The van der Waals surface area contributed by atoms with Gasteiger partial charge in [-0.15, -0.1) is 11.3 Å². The van der Waals surface area contributed by atoms with Crippen molar-refractivity contribution in [2.24, 2.45) is 5.73 Å². The van der Waals surface area contributed by atoms with E-state index in [1.54, 1.807) is 11.3 Å². The molecule has 0 aliphatic heterocycles. The van der Waals surface area contributed by atoms with Crippen LogP contribution in [-0.4, -0.2) is 11.9 Å². The fourth-order valence-corrected chi connectivity index (χ4v) is 3.58. The Labute approximate surface area is 131 Å². The Morgan fingerprint density at radius 1 is 1.40 bits per heavy atom. The summed E-state index contributed by atoms with van der Waals surface area (Å²) < 4.78 is 1.01. The maximum atomic E-state index is 7.51. The van der Waals surface area contributed by atoms with E-state index in [2.05, 4.69) is 44.4 Å². The van der Waals surface area contributed by atoms with Gasteiger partial charge in [-0.05, 0) is 58.4 Å². The second-order valence-corrected chi connectivity index (χ2v) is 6.90. The van der Waals surface area contributed by atoms with Crippen LogP contribution in [0, 0.1) is 5.41 Å². The largest absolute Gasteiger partial charge is 0.384 e. The van der Waals surface area contributed by atoms with Gasteiger partial charge >= 0.3 is 0 Å². The Balaban J connectivity index is 1.89. The first-order valence-corrected chi connectivity index (χ1v) is 8.25. The molecule has 1 fully saturated rings. The number of anilines is 1. The standard InChI is InChI=1S/C15H16BrN3S/c16-13-8-10(15(17)18)3-6-14(13)19(11-4-5-11)9-12-2-1-7-20-12/h1-3,6-8,11H,4-5,9H2,(H3,17,18). The summed E-state index contributed by atoms with van der Waals surface area (Å²) in [5.74, 6) is 0.105. The number of nitrogens with zero attached hydrogens (tertiary/aromatic N) is 1. The van der Waals surface area contributed by atoms with Crippen LogP contribution in [0.3, 0.4) is 0 Å². The Morgan fingerprint density at radius 2 is 2.20 bits per heavy atom. The van der Waals surface area contributed by atoms with Crippen molar-refractivity contribution in [1.29, 1.82) is 5.41 Å². The van der Waals surface area contributed by atoms with Crippen LogP contribution in [0.1, 0.15) is 23.3 Å². The lowest BCUT2D eigenvalue weighted by Gasteiger charge is -2.25. The number of benzene rings is 1. The van der Waals surface area contributed by atoms with Gasteiger partial charge < -0.3 is 10.6 Å². The molecule has 1 aromatic carbocycles. The third-order valence-corrected chi connectivity index (χ3v) is 4.96. The molecule has 0 spiro atoms. The van der Waals surface area contributed by atoms with E-state index in [1.807, 2.05) is 12.1 Å². The molecular weight excluding hydrogens is 334 g/mol. The smallest absolute Gasteiger partial charge is 0.122 e. The van der Waals surface area contributed by atoms with Gasteiger partial charge in [-0.25, -0.2) is 0 Å². The van der Waals surface area contributed by atoms with E-state index in [-0.39, 0.29) is 5.84 Å². The van der Waals surface area contributed by atoms with Crippen molar-refractivity contribution in [3.05, 3.63) is 50.6 Å². The molecule has 0 bridgehead atoms. The minimum absolute atomic E-state index is 0.105. The molecule has 3 N–H and O–H groups in total. The number of thiophene rings is 1. The lowest BCUT2D eigenvalue weighted by atomic mass is 10.1. The van der Waals surface area contributed by atoms with Gasteiger partial charge in [0, 0.05) is 21.0 Å². The molecule has 0 saturated heterocycles. The van der Waals surface area contributed by atoms with E-state index in [1.165, 1.54) is 23.4 Å². The Kier molecular flexibility index (Phi) is 3.81. The molecule has 0 unspecified atom stereocenters. The molecular formula is C15H16BrN3S. The van der Waals surface area contributed by atoms with Crippen LogP contribution < -0.4 is 10.6 Å². The zero-order chi connectivity index (χ0) is 14.1. The summed E-state index contributed by atoms with van der Waals surface area (Å²) in [4.78, 5) is 3.82. The number of nitrogen functional groups attached to an aromatic ring is 1. The van der Waals surface area contributed by atoms with Gasteiger partial charge in [0.1, 0.15) is 5.84 Å². The van der Waals surface area contributed by atoms with Crippen molar-refractivity contribution >= 4 is 38.8 Å². The number of nitrogens with two attached hydrogens (primary N) is 1. The van der Waals surface area contributed by atoms with Gasteiger partial charge in [-0.2, -0.15) is 0 Å². The third-order valence-electron chi connectivity index (χ3n) is 3.46. The number of nitrogens with one attached hydrogen (secondary N) is 1. The van der Waals surface area contributed by atoms with Crippen molar-refractivity contribution in [2.45, 2.75) is 25.4 Å². The molecule has 0 radical (unpaired) electrons. The number of halogens is 1. The summed E-state index contributed by atoms with van der Waals surface area (Å²) in [6, 6.07) is 10.8. The molecule has 1 heterocycles. The van der Waals surface area contributed by atoms with E-state index in [0.29, 0.717) is 6.04 Å². The molecule has 1 saturated carbocycles. The Hall–Kier alpha value is -1.33. The minimum Gasteiger partial charge on any atom is -0.384 e. The average molecular weight is 350 g/mol. The van der Waals surface area contributed by atoms with Crippen molar-refractivity contribution in [3.63, 3.8) is 0 Å². The van der Waals surface area contributed by atoms with Crippen LogP contribution >= 0.6 is 27.3 Å². The highest BCUT2D eigenvalue weighted by Crippen LogP contribution is 2.37. The first kappa shape index (κ1) is 13.6. The summed E-state index contributed by atoms with van der Waals surface area (Å²) in [5.41, 5.74) is 7.48. The zero-order valence-electron chi connectivity index (χ0n) is 11.0. The first-order chi connectivity index (χ1) is 9.65. The summed E-state index contributed by atoms with van der Waals surface area (Å²) in [6.45, 7) is 0.945. The summed E-state index contributed by atoms with van der Waals surface area (Å²) in [6.07, 6.45) is 2.51. The number of amidine groups is 1. The molecule has 3 nitrogen and oxygen atoms in total. The van der Waals surface area contributed by atoms with Gasteiger partial charge in [0.05, 0.1) is 12.2 Å². The predicted molar refractivity (Wildman–Crippen MR) is 88.7 cm³/mol. The lowest BCUT2D eigenvalue weighted by molar-refractivity contribution is 0.801. The SMILES string of the molecule is N=C(N)c1ccc(N(Cc2cccs2)C2CC2)c(Br)c1. The zero-order valence-corrected chi connectivity index (χ0v) is 13.4. The molecule has 2 aromatic rings. The Bertz CT molecular complexity index is 620. The highest BCUT2D eigenvalue weighted by Gasteiger charge is 2.30. The molecule has 0 atom stereocenters. The van der Waals surface area contributed by atoms with Crippen LogP contribution in [0.15, 0.2) is 40.2 Å². The van der Waals surface area contributed by atoms with Crippen molar-refractivity contribution in [2.75, 3.05) is 4.90 Å². The molecule has 3 rings (SSSR count). The normalized spacial score (nSPS) is 14.2. The topological polar surface area (TPSA) is 53.1 Å². The summed E-state index contributed by atoms with van der Waals surface area (Å²) in [7, 11) is 0. The van der Waals surface area contributed by atoms with Gasteiger partial charge in [-0.1, -0.05) is 6.07 Å². The second kappa shape index (κ2) is 5.58. The third kappa shape index (κ3) is 2.88. The highest BCUT2D eigenvalue weighted by atomic mass is 79.9. The molecule has 20 heavy (non-hydrogen) atoms. The molecule has 0 amide bonds. The van der Waals surface area contributed by atoms with Crippen LogP contribution in [0.25, 0.3) is 0 Å². The van der Waals surface area contributed by atoms with Crippen LogP contribution in [0.2, 0.25) is 0 Å². The predicted octanol–water partition coefficient (Wildman–Crippen LogP) is 3.96. The van der Waals surface area contributed by atoms with E-state index in [9.17, 15) is 0 Å². The molecule has 5 heteroatoms. The lowest BCUT2D eigenvalue weighted by Crippen LogP contribution is -2.25. The van der Waals surface area contributed by atoms with Gasteiger partial charge in [0.2, 0.25) is 0 Å². The molecule has 1 aliphatic rings. The fourth-order valence-electron chi connectivity index (χ4n) is 2.27. The van der Waals surface area contributed by atoms with Gasteiger partial charge in [0.25, 0.3) is 0 Å². The number of hydrogen-bond donors (Lipinski definition) is 2. The van der Waals surface area contributed by atoms with Crippen molar-refractivity contribution < 1.29 is 0 Å². The van der Waals surface area contributed by atoms with E-state index >= 15 is 0 Å². The van der Waals surface area contributed by atoms with Gasteiger partial charge in [-0.3, -0.25) is 5.41 Å². The minimum atomic E-state index is 0.105. The maximum absolute atomic E-state index is 7.51. The fraction of sp³-hybridized carbons (Fsp3) is 0.267. The van der Waals surface area contributed by atoms with Crippen molar-refractivity contribution in [3.8, 4) is 0 Å². The Morgan fingerprint density at radius 3 is 2.75 bits per heavy atom. The highest BCUT2D eigenvalue weighted by molar-refractivity contribution is 9.10. The molecule has 1 aliphatic carbocycles. The summed E-state index contributed by atoms with van der Waals surface area (Å²) in [5, 5.41) is 9.63. The molecule has 1 aromatic heterocycles. The van der Waals surface area contributed by atoms with E-state index < -0.39 is 0 Å². The van der Waals surface area contributed by atoms with Crippen LogP contribution in [0.4, 0.5) is 5.69 Å². The number of rotatable bonds is 5. The number of hydrogen-bond acceptors (Lipinski definition) is 3. The quantitative estimate of drug-likeness (QED) is 0.633. The van der Waals surface area contributed by atoms with Gasteiger partial charge in [0.15, 0.2) is 0 Å². The monoisotopic (exact) mass is 349 g/mol. The van der Waals surface area contributed by atoms with E-state index in [0.717, 1.165) is 16.6 Å². The van der Waals surface area contributed by atoms with Crippen LogP contribution in [-0.2, 0) is 6.54 Å².